The van der Waals surface area contributed by atoms with Crippen LogP contribution in [0.15, 0.2) is 45.9 Å². The third-order valence-electron chi connectivity index (χ3n) is 5.88. The molecule has 2 aromatic heterocycles. The predicted molar refractivity (Wildman–Crippen MR) is 140 cm³/mol. The van der Waals surface area contributed by atoms with E-state index in [0.717, 1.165) is 4.57 Å². The second-order valence-electron chi connectivity index (χ2n) is 9.31. The van der Waals surface area contributed by atoms with E-state index < -0.39 is 35.4 Å². The fraction of sp³-hybridized carbons (Fsp3) is 0.407. The van der Waals surface area contributed by atoms with Gasteiger partial charge in [-0.25, -0.2) is 4.79 Å². The molecule has 1 aliphatic heterocycles. The Balaban J connectivity index is 1.83. The first-order chi connectivity index (χ1) is 18.6. The lowest BCUT2D eigenvalue weighted by atomic mass is 9.97. The Morgan fingerprint density at radius 2 is 2.13 bits per heavy atom. The number of carbonyl (C=O) groups excluding carboxylic acids is 4. The third-order valence-corrected chi connectivity index (χ3v) is 5.88. The van der Waals surface area contributed by atoms with E-state index >= 15 is 0 Å². The molecular formula is C27H31N5O7. The van der Waals surface area contributed by atoms with Gasteiger partial charge in [0.15, 0.2) is 5.69 Å². The van der Waals surface area contributed by atoms with Gasteiger partial charge in [0, 0.05) is 43.3 Å². The lowest BCUT2D eigenvalue weighted by Crippen LogP contribution is -2.43. The number of esters is 1. The van der Waals surface area contributed by atoms with E-state index in [2.05, 4.69) is 27.0 Å². The molecule has 0 aromatic carbocycles. The molecule has 0 spiro atoms. The van der Waals surface area contributed by atoms with Crippen molar-refractivity contribution < 1.29 is 28.4 Å². The first-order valence-corrected chi connectivity index (χ1v) is 12.4. The quantitative estimate of drug-likeness (QED) is 0.221. The van der Waals surface area contributed by atoms with E-state index in [-0.39, 0.29) is 42.2 Å². The van der Waals surface area contributed by atoms with Crippen LogP contribution in [0.5, 0.6) is 0 Å². The fourth-order valence-electron chi connectivity index (χ4n) is 4.05. The molecule has 3 amide bonds. The summed E-state index contributed by atoms with van der Waals surface area (Å²) in [6.45, 7) is 5.56. The number of rotatable bonds is 11. The first-order valence-electron chi connectivity index (χ1n) is 12.4. The van der Waals surface area contributed by atoms with Crippen molar-refractivity contribution in [2.24, 2.45) is 5.92 Å². The van der Waals surface area contributed by atoms with E-state index in [4.69, 9.17) is 15.7 Å². The maximum atomic E-state index is 13.4. The molecule has 3 N–H and O–H groups in total. The number of ether oxygens (including phenoxy) is 1. The van der Waals surface area contributed by atoms with Crippen molar-refractivity contribution in [2.75, 3.05) is 11.9 Å². The number of pyridine rings is 1. The highest BCUT2D eigenvalue weighted by Gasteiger charge is 2.29. The van der Waals surface area contributed by atoms with Gasteiger partial charge in [-0.2, -0.15) is 0 Å². The Morgan fingerprint density at radius 1 is 1.36 bits per heavy atom. The van der Waals surface area contributed by atoms with Crippen molar-refractivity contribution in [3.05, 3.63) is 58.4 Å². The van der Waals surface area contributed by atoms with Gasteiger partial charge in [0.1, 0.15) is 17.5 Å². The van der Waals surface area contributed by atoms with Crippen LogP contribution in [0.2, 0.25) is 0 Å². The summed E-state index contributed by atoms with van der Waals surface area (Å²) in [5.41, 5.74) is -0.764. The second kappa shape index (κ2) is 13.2. The van der Waals surface area contributed by atoms with Gasteiger partial charge in [0.2, 0.25) is 11.8 Å². The Morgan fingerprint density at radius 3 is 2.74 bits per heavy atom. The molecule has 12 heteroatoms. The van der Waals surface area contributed by atoms with Crippen LogP contribution in [0.1, 0.15) is 55.4 Å². The second-order valence-corrected chi connectivity index (χ2v) is 9.31. The molecule has 3 rings (SSSR count). The van der Waals surface area contributed by atoms with Gasteiger partial charge in [-0.1, -0.05) is 11.2 Å². The Bertz CT molecular complexity index is 1350. The van der Waals surface area contributed by atoms with Crippen molar-refractivity contribution >= 4 is 29.4 Å². The van der Waals surface area contributed by atoms with Crippen LogP contribution in [-0.4, -0.2) is 52.1 Å². The molecule has 1 aliphatic rings. The van der Waals surface area contributed by atoms with Gasteiger partial charge in [-0.3, -0.25) is 19.2 Å². The number of hydrogen-bond acceptors (Lipinski definition) is 8. The molecule has 1 saturated heterocycles. The largest absolute Gasteiger partial charge is 0.460 e. The maximum Gasteiger partial charge on any atom is 0.330 e. The first kappa shape index (κ1) is 28.9. The van der Waals surface area contributed by atoms with Gasteiger partial charge in [-0.15, -0.1) is 12.3 Å². The third kappa shape index (κ3) is 7.91. The summed E-state index contributed by atoms with van der Waals surface area (Å²) in [6, 6.07) is 2.44. The van der Waals surface area contributed by atoms with Crippen LogP contribution in [-0.2, 0) is 19.1 Å². The molecular weight excluding hydrogens is 506 g/mol. The molecule has 2 aromatic rings. The normalized spacial score (nSPS) is 16.4. The average molecular weight is 538 g/mol. The number of carbonyl (C=O) groups is 4. The zero-order chi connectivity index (χ0) is 28.5. The number of amides is 3. The van der Waals surface area contributed by atoms with Gasteiger partial charge < -0.3 is 29.8 Å². The van der Waals surface area contributed by atoms with E-state index in [1.54, 1.807) is 20.8 Å². The molecule has 3 atom stereocenters. The van der Waals surface area contributed by atoms with Gasteiger partial charge in [-0.05, 0) is 45.7 Å². The number of aryl methyl sites for hydroxylation is 1. The lowest BCUT2D eigenvalue weighted by Gasteiger charge is -2.23. The van der Waals surface area contributed by atoms with E-state index in [9.17, 15) is 24.0 Å². The molecule has 0 saturated carbocycles. The van der Waals surface area contributed by atoms with Crippen LogP contribution in [0.25, 0.3) is 0 Å². The molecule has 0 radical (unpaired) electrons. The maximum absolute atomic E-state index is 13.4. The summed E-state index contributed by atoms with van der Waals surface area (Å²) < 4.78 is 11.1. The monoisotopic (exact) mass is 537 g/mol. The standard InChI is InChI=1S/C27H31N5O7/c1-5-7-22(32-13-6-8-20(27(32)37)30-25(35)21-14-17(4)39-31-21)26(36)29-19(9-10-23(33)38-16(2)3)15-18-11-12-28-24(18)34/h1,6,8-10,13-14,16,18-19,22H,7,11-12,15H2,2-4H3,(H,28,34)(H,29,36)(H,30,35)/b10-9+/t18-,19+,22-/m0/s1. The predicted octanol–water partition coefficient (Wildman–Crippen LogP) is 1.48. The van der Waals surface area contributed by atoms with E-state index in [1.807, 2.05) is 0 Å². The zero-order valence-corrected chi connectivity index (χ0v) is 21.9. The van der Waals surface area contributed by atoms with Crippen LogP contribution in [0.4, 0.5) is 5.69 Å². The average Bonchev–Trinajstić information content (AvgIpc) is 3.50. The molecule has 39 heavy (non-hydrogen) atoms. The minimum Gasteiger partial charge on any atom is -0.460 e. The number of aromatic nitrogens is 2. The van der Waals surface area contributed by atoms with Crippen LogP contribution in [0.3, 0.4) is 0 Å². The van der Waals surface area contributed by atoms with Crippen molar-refractivity contribution in [3.63, 3.8) is 0 Å². The number of anilines is 1. The van der Waals surface area contributed by atoms with Crippen molar-refractivity contribution in [3.8, 4) is 12.3 Å². The Kier molecular flexibility index (Phi) is 9.80. The van der Waals surface area contributed by atoms with Crippen LogP contribution < -0.4 is 21.5 Å². The zero-order valence-electron chi connectivity index (χ0n) is 21.9. The smallest absolute Gasteiger partial charge is 0.330 e. The van der Waals surface area contributed by atoms with Gasteiger partial charge >= 0.3 is 5.97 Å². The van der Waals surface area contributed by atoms with Gasteiger partial charge in [0.05, 0.1) is 6.10 Å². The SMILES string of the molecule is C#CC[C@@H](C(=O)N[C@H](/C=C/C(=O)OC(C)C)C[C@@H]1CCNC1=O)n1cccc(NC(=O)c2cc(C)on2)c1=O. The van der Waals surface area contributed by atoms with Crippen molar-refractivity contribution in [2.45, 2.75) is 58.2 Å². The molecule has 0 unspecified atom stereocenters. The summed E-state index contributed by atoms with van der Waals surface area (Å²) in [4.78, 5) is 63.3. The number of nitrogens with zero attached hydrogens (tertiary/aromatic N) is 2. The highest BCUT2D eigenvalue weighted by Crippen LogP contribution is 2.19. The van der Waals surface area contributed by atoms with Gasteiger partial charge in [0.25, 0.3) is 11.5 Å². The number of terminal acetylenes is 1. The Labute approximate surface area is 225 Å². The molecule has 206 valence electrons. The van der Waals surface area contributed by atoms with E-state index in [0.29, 0.717) is 18.7 Å². The minimum absolute atomic E-state index is 0.0122. The summed E-state index contributed by atoms with van der Waals surface area (Å²) >= 11 is 0. The summed E-state index contributed by atoms with van der Waals surface area (Å²) in [7, 11) is 0. The fourth-order valence-corrected chi connectivity index (χ4v) is 4.05. The molecule has 1 fully saturated rings. The van der Waals surface area contributed by atoms with Crippen LogP contribution in [0, 0.1) is 25.2 Å². The summed E-state index contributed by atoms with van der Waals surface area (Å²) in [5, 5.41) is 11.6. The minimum atomic E-state index is -1.13. The molecule has 0 bridgehead atoms. The number of hydrogen-bond donors (Lipinski definition) is 3. The highest BCUT2D eigenvalue weighted by molar-refractivity contribution is 6.02. The molecule has 3 heterocycles. The molecule has 12 nitrogen and oxygen atoms in total. The Hall–Kier alpha value is -4.66. The van der Waals surface area contributed by atoms with Crippen molar-refractivity contribution in [1.82, 2.24) is 20.4 Å². The topological polar surface area (TPSA) is 162 Å². The summed E-state index contributed by atoms with van der Waals surface area (Å²) in [6.07, 6.45) is 9.90. The summed E-state index contributed by atoms with van der Waals surface area (Å²) in [5.74, 6) is 0.459. The van der Waals surface area contributed by atoms with Crippen LogP contribution >= 0.6 is 0 Å². The lowest BCUT2D eigenvalue weighted by molar-refractivity contribution is -0.141. The molecule has 0 aliphatic carbocycles. The highest BCUT2D eigenvalue weighted by atomic mass is 16.5. The van der Waals surface area contributed by atoms with E-state index in [1.165, 1.54) is 36.5 Å². The van der Waals surface area contributed by atoms with Crippen molar-refractivity contribution in [1.29, 1.82) is 0 Å². The number of nitrogens with one attached hydrogen (secondary N) is 3.